The fourth-order valence-electron chi connectivity index (χ4n) is 3.20. The molecule has 2 aromatic rings. The molecular formula is C22H23N5O5S. The molecule has 0 unspecified atom stereocenters. The van der Waals surface area contributed by atoms with E-state index in [4.69, 9.17) is 27.4 Å². The Morgan fingerprint density at radius 1 is 1.03 bits per heavy atom. The summed E-state index contributed by atoms with van der Waals surface area (Å²) in [6, 6.07) is 13.9. The number of ether oxygens (including phenoxy) is 2. The van der Waals surface area contributed by atoms with Crippen LogP contribution in [0.5, 0.6) is 11.5 Å². The van der Waals surface area contributed by atoms with Crippen LogP contribution < -0.4 is 25.9 Å². The van der Waals surface area contributed by atoms with E-state index in [1.54, 1.807) is 55.6 Å². The molecule has 4 N–H and O–H groups in total. The third kappa shape index (κ3) is 5.63. The molecular weight excluding hydrogens is 446 g/mol. The smallest absolute Gasteiger partial charge is 0.278 e. The Hall–Kier alpha value is -3.99. The van der Waals surface area contributed by atoms with Crippen LogP contribution in [0.15, 0.2) is 53.6 Å². The minimum absolute atomic E-state index is 0.0317. The van der Waals surface area contributed by atoms with Gasteiger partial charge >= 0.3 is 0 Å². The standard InChI is InChI=1S/C22H23N5O5S/c1-31-15-7-3-13(4-8-15)11-24-19(28)17-18(25-26-22(23)33)21(30)27(20(17)29)12-14-5-9-16(32-2)10-6-14/h3-10,17H,11-12H2,1-2H3,(H,24,28)(H3,23,26,33)/b25-18+/t17-/m0/s1. The summed E-state index contributed by atoms with van der Waals surface area (Å²) in [4.78, 5) is 39.9. The van der Waals surface area contributed by atoms with Gasteiger partial charge in [-0.15, -0.1) is 0 Å². The van der Waals surface area contributed by atoms with Gasteiger partial charge in [0.1, 0.15) is 17.2 Å². The highest BCUT2D eigenvalue weighted by molar-refractivity contribution is 7.80. The maximum absolute atomic E-state index is 13.1. The summed E-state index contributed by atoms with van der Waals surface area (Å²) in [6.45, 7) is 0.116. The van der Waals surface area contributed by atoms with Gasteiger partial charge in [0.15, 0.2) is 11.0 Å². The van der Waals surface area contributed by atoms with E-state index in [9.17, 15) is 14.4 Å². The largest absolute Gasteiger partial charge is 0.497 e. The summed E-state index contributed by atoms with van der Waals surface area (Å²) in [7, 11) is 3.09. The van der Waals surface area contributed by atoms with E-state index in [2.05, 4.69) is 15.8 Å². The number of methoxy groups -OCH3 is 2. The lowest BCUT2D eigenvalue weighted by Crippen LogP contribution is -2.39. The first-order valence-corrected chi connectivity index (χ1v) is 10.3. The van der Waals surface area contributed by atoms with Gasteiger partial charge in [-0.3, -0.25) is 24.7 Å². The molecule has 33 heavy (non-hydrogen) atoms. The average molecular weight is 470 g/mol. The molecule has 3 rings (SSSR count). The number of imide groups is 1. The number of likely N-dealkylation sites (tertiary alicyclic amines) is 1. The molecule has 0 radical (unpaired) electrons. The van der Waals surface area contributed by atoms with Crippen molar-refractivity contribution < 1.29 is 23.9 Å². The van der Waals surface area contributed by atoms with Crippen molar-refractivity contribution in [2.24, 2.45) is 16.8 Å². The van der Waals surface area contributed by atoms with Crippen molar-refractivity contribution in [3.05, 3.63) is 59.7 Å². The lowest BCUT2D eigenvalue weighted by molar-refractivity contribution is -0.141. The summed E-state index contributed by atoms with van der Waals surface area (Å²) in [5.74, 6) is -2.18. The summed E-state index contributed by atoms with van der Waals surface area (Å²) in [5.41, 5.74) is 8.88. The summed E-state index contributed by atoms with van der Waals surface area (Å²) in [5, 5.41) is 6.32. The zero-order valence-corrected chi connectivity index (χ0v) is 18.8. The zero-order chi connectivity index (χ0) is 24.0. The van der Waals surface area contributed by atoms with E-state index in [1.807, 2.05) is 0 Å². The van der Waals surface area contributed by atoms with Crippen LogP contribution in [0.25, 0.3) is 0 Å². The number of rotatable bonds is 8. The fraction of sp³-hybridized carbons (Fsp3) is 0.227. The first-order valence-electron chi connectivity index (χ1n) is 9.86. The highest BCUT2D eigenvalue weighted by Gasteiger charge is 2.49. The van der Waals surface area contributed by atoms with Gasteiger partial charge in [-0.05, 0) is 47.6 Å². The Kier molecular flexibility index (Phi) is 7.57. The van der Waals surface area contributed by atoms with E-state index in [0.717, 1.165) is 10.5 Å². The molecule has 172 valence electrons. The van der Waals surface area contributed by atoms with Gasteiger partial charge in [0.2, 0.25) is 11.8 Å². The monoisotopic (exact) mass is 469 g/mol. The second-order valence-electron chi connectivity index (χ2n) is 7.05. The highest BCUT2D eigenvalue weighted by atomic mass is 32.1. The number of benzene rings is 2. The van der Waals surface area contributed by atoms with Crippen molar-refractivity contribution in [2.75, 3.05) is 14.2 Å². The number of hydrogen-bond donors (Lipinski definition) is 3. The molecule has 0 spiro atoms. The van der Waals surface area contributed by atoms with Crippen LogP contribution in [0.3, 0.4) is 0 Å². The summed E-state index contributed by atoms with van der Waals surface area (Å²) < 4.78 is 10.2. The molecule has 2 aromatic carbocycles. The average Bonchev–Trinajstić information content (AvgIpc) is 3.06. The Labute approximate surface area is 195 Å². The van der Waals surface area contributed by atoms with Gasteiger partial charge in [-0.25, -0.2) is 0 Å². The van der Waals surface area contributed by atoms with Gasteiger partial charge in [-0.2, -0.15) is 5.10 Å². The molecule has 3 amide bonds. The number of hydrazone groups is 1. The molecule has 0 aromatic heterocycles. The molecule has 0 bridgehead atoms. The highest BCUT2D eigenvalue weighted by Crippen LogP contribution is 2.22. The summed E-state index contributed by atoms with van der Waals surface area (Å²) in [6.07, 6.45) is 0. The van der Waals surface area contributed by atoms with Gasteiger partial charge in [0.05, 0.1) is 20.8 Å². The maximum atomic E-state index is 13.1. The Bertz CT molecular complexity index is 1090. The molecule has 0 saturated carbocycles. The third-order valence-corrected chi connectivity index (χ3v) is 5.02. The molecule has 1 atom stereocenters. The molecule has 10 nitrogen and oxygen atoms in total. The van der Waals surface area contributed by atoms with Crippen molar-refractivity contribution in [2.45, 2.75) is 13.1 Å². The van der Waals surface area contributed by atoms with Crippen molar-refractivity contribution in [3.8, 4) is 11.5 Å². The molecule has 1 saturated heterocycles. The lowest BCUT2D eigenvalue weighted by Gasteiger charge is -2.14. The van der Waals surface area contributed by atoms with E-state index < -0.39 is 23.6 Å². The first-order chi connectivity index (χ1) is 15.8. The molecule has 1 fully saturated rings. The van der Waals surface area contributed by atoms with Crippen LogP contribution in [0.1, 0.15) is 11.1 Å². The fourth-order valence-corrected chi connectivity index (χ4v) is 3.24. The second-order valence-corrected chi connectivity index (χ2v) is 7.49. The van der Waals surface area contributed by atoms with E-state index in [0.29, 0.717) is 17.1 Å². The number of thiocarbonyl (C=S) groups is 1. The predicted octanol–water partition coefficient (Wildman–Crippen LogP) is 0.694. The number of nitrogens with one attached hydrogen (secondary N) is 2. The minimum Gasteiger partial charge on any atom is -0.497 e. The van der Waals surface area contributed by atoms with Crippen molar-refractivity contribution in [1.82, 2.24) is 15.6 Å². The molecule has 11 heteroatoms. The topological polar surface area (TPSA) is 135 Å². The predicted molar refractivity (Wildman–Crippen MR) is 124 cm³/mol. The third-order valence-electron chi connectivity index (χ3n) is 4.92. The van der Waals surface area contributed by atoms with Crippen molar-refractivity contribution in [1.29, 1.82) is 0 Å². The summed E-state index contributed by atoms with van der Waals surface area (Å²) >= 11 is 4.72. The van der Waals surface area contributed by atoms with E-state index >= 15 is 0 Å². The molecule has 1 heterocycles. The molecule has 1 aliphatic heterocycles. The van der Waals surface area contributed by atoms with Crippen LogP contribution in [-0.2, 0) is 27.5 Å². The SMILES string of the molecule is COc1ccc(CNC(=O)[C@H]2C(=O)N(Cc3ccc(OC)cc3)C(=O)/C2=N/NC(N)=S)cc1. The van der Waals surface area contributed by atoms with Crippen LogP contribution in [-0.4, -0.2) is 47.7 Å². The van der Waals surface area contributed by atoms with Gasteiger partial charge in [0, 0.05) is 6.54 Å². The Morgan fingerprint density at radius 2 is 1.58 bits per heavy atom. The minimum atomic E-state index is -1.43. The van der Waals surface area contributed by atoms with E-state index in [1.165, 1.54) is 7.11 Å². The number of amides is 3. The molecule has 0 aliphatic carbocycles. The van der Waals surface area contributed by atoms with Crippen molar-refractivity contribution >= 4 is 40.8 Å². The zero-order valence-electron chi connectivity index (χ0n) is 18.0. The number of nitrogens with zero attached hydrogens (tertiary/aromatic N) is 2. The lowest BCUT2D eigenvalue weighted by atomic mass is 10.0. The van der Waals surface area contributed by atoms with Crippen LogP contribution >= 0.6 is 12.2 Å². The van der Waals surface area contributed by atoms with Gasteiger partial charge in [-0.1, -0.05) is 24.3 Å². The normalized spacial score (nSPS) is 16.6. The number of hydrogen-bond acceptors (Lipinski definition) is 7. The van der Waals surface area contributed by atoms with Crippen molar-refractivity contribution in [3.63, 3.8) is 0 Å². The number of carbonyl (C=O) groups excluding carboxylic acids is 3. The van der Waals surface area contributed by atoms with E-state index in [-0.39, 0.29) is 23.9 Å². The quantitative estimate of drug-likeness (QED) is 0.222. The number of carbonyl (C=O) groups is 3. The number of nitrogens with two attached hydrogens (primary N) is 1. The van der Waals surface area contributed by atoms with Gasteiger partial charge < -0.3 is 20.5 Å². The maximum Gasteiger partial charge on any atom is 0.278 e. The van der Waals surface area contributed by atoms with Crippen LogP contribution in [0.2, 0.25) is 0 Å². The molecule has 1 aliphatic rings. The Balaban J connectivity index is 1.79. The first kappa shape index (κ1) is 23.7. The van der Waals surface area contributed by atoms with Gasteiger partial charge in [0.25, 0.3) is 5.91 Å². The van der Waals surface area contributed by atoms with Crippen LogP contribution in [0.4, 0.5) is 0 Å². The Morgan fingerprint density at radius 3 is 2.09 bits per heavy atom. The second kappa shape index (κ2) is 10.6. The van der Waals surface area contributed by atoms with Crippen LogP contribution in [0, 0.1) is 5.92 Å².